The molecule has 61 heavy (non-hydrogen) atoms. The van der Waals surface area contributed by atoms with Crippen LogP contribution < -0.4 is 21.4 Å². The molecule has 0 saturated heterocycles. The number of aliphatic hydroxyl groups excluding tert-OH is 1. The lowest BCUT2D eigenvalue weighted by molar-refractivity contribution is -0.132. The van der Waals surface area contributed by atoms with E-state index in [0.717, 1.165) is 22.4 Å². The Hall–Kier alpha value is -5.27. The summed E-state index contributed by atoms with van der Waals surface area (Å²) in [6.07, 6.45) is -0.778. The highest BCUT2D eigenvalue weighted by atomic mass is 32.3. The van der Waals surface area contributed by atoms with E-state index in [0.29, 0.717) is 0 Å². The number of ether oxygens (including phenoxy) is 2. The first-order chi connectivity index (χ1) is 28.0. The maximum Gasteiger partial charge on any atom is 0.407 e. The van der Waals surface area contributed by atoms with Crippen LogP contribution in [0.2, 0.25) is 0 Å². The van der Waals surface area contributed by atoms with Gasteiger partial charge in [-0.2, -0.15) is 16.8 Å². The molecule has 0 fully saturated rings. The van der Waals surface area contributed by atoms with Crippen LogP contribution in [0, 0.1) is 10.8 Å². The van der Waals surface area contributed by atoms with Crippen LogP contribution in [0.15, 0.2) is 79.0 Å². The van der Waals surface area contributed by atoms with Crippen molar-refractivity contribution in [2.45, 2.75) is 78.7 Å². The van der Waals surface area contributed by atoms with Gasteiger partial charge in [-0.1, -0.05) is 102 Å². The highest BCUT2D eigenvalue weighted by Gasteiger charge is 2.37. The van der Waals surface area contributed by atoms with Crippen LogP contribution in [0.4, 0.5) is 9.59 Å². The van der Waals surface area contributed by atoms with Crippen molar-refractivity contribution in [3.05, 3.63) is 90.1 Å². The average Bonchev–Trinajstić information content (AvgIpc) is 3.14. The van der Waals surface area contributed by atoms with Gasteiger partial charge >= 0.3 is 33.0 Å². The maximum absolute atomic E-state index is 13.8. The van der Waals surface area contributed by atoms with Gasteiger partial charge in [-0.05, 0) is 40.5 Å². The van der Waals surface area contributed by atoms with E-state index in [1.807, 2.05) is 93.6 Å². The molecule has 21 nitrogen and oxygen atoms in total. The van der Waals surface area contributed by atoms with E-state index >= 15 is 0 Å². The standard InChI is InChI=1S/C38H52N6O7.2H2O4S/c1-37(2,3)31(41-35(48)50-7)33(46)40-29(22-25-14-10-9-11-15-25)30(45)24-44(43-34(47)32(38(4,5)6)42-36(49)51-8)23-26-17-19-27(20-18-26)28-16-12-13-21-39-28;2*1-5(2,3)4/h9-21,29-32,45H,22-24H2,1-8H3,(H,40,46)(H,41,48)(H,42,49)(H,43,47);2*(H2,1,2,3,4)/t29-,30-,31+,32-;;/m0../s1. The fourth-order valence-electron chi connectivity index (χ4n) is 5.38. The van der Waals surface area contributed by atoms with Gasteiger partial charge in [0.05, 0.1) is 32.1 Å². The van der Waals surface area contributed by atoms with Gasteiger partial charge in [-0.25, -0.2) is 14.6 Å². The first kappa shape index (κ1) is 53.7. The summed E-state index contributed by atoms with van der Waals surface area (Å²) in [6, 6.07) is 19.8. The number of hydrogen-bond donors (Lipinski definition) is 9. The highest BCUT2D eigenvalue weighted by molar-refractivity contribution is 7.80. The number of rotatable bonds is 14. The van der Waals surface area contributed by atoms with Crippen LogP contribution in [0.25, 0.3) is 11.3 Å². The molecule has 0 bridgehead atoms. The van der Waals surface area contributed by atoms with E-state index in [1.165, 1.54) is 14.2 Å². The van der Waals surface area contributed by atoms with Crippen molar-refractivity contribution in [1.82, 2.24) is 31.4 Å². The van der Waals surface area contributed by atoms with Gasteiger partial charge in [0.2, 0.25) is 5.91 Å². The van der Waals surface area contributed by atoms with E-state index in [-0.39, 0.29) is 19.5 Å². The Kier molecular flexibility index (Phi) is 21.4. The molecule has 4 amide bonds. The molecule has 0 aliphatic carbocycles. The van der Waals surface area contributed by atoms with E-state index in [2.05, 4.69) is 26.4 Å². The number of benzene rings is 2. The first-order valence-electron chi connectivity index (χ1n) is 18.2. The Morgan fingerprint density at radius 2 is 1.13 bits per heavy atom. The van der Waals surface area contributed by atoms with Crippen molar-refractivity contribution in [3.63, 3.8) is 0 Å². The van der Waals surface area contributed by atoms with Crippen molar-refractivity contribution >= 4 is 44.8 Å². The van der Waals surface area contributed by atoms with Crippen molar-refractivity contribution in [2.75, 3.05) is 20.8 Å². The van der Waals surface area contributed by atoms with Crippen LogP contribution in [0.1, 0.15) is 52.7 Å². The summed E-state index contributed by atoms with van der Waals surface area (Å²) >= 11 is 0. The Morgan fingerprint density at radius 1 is 0.672 bits per heavy atom. The minimum atomic E-state index is -4.67. The summed E-state index contributed by atoms with van der Waals surface area (Å²) in [7, 11) is -6.90. The molecule has 2 aromatic carbocycles. The molecule has 1 heterocycles. The fourth-order valence-corrected chi connectivity index (χ4v) is 5.38. The normalized spacial score (nSPS) is 13.6. The summed E-state index contributed by atoms with van der Waals surface area (Å²) in [4.78, 5) is 56.3. The number of carbonyl (C=O) groups is 4. The lowest BCUT2D eigenvalue weighted by Gasteiger charge is -2.35. The van der Waals surface area contributed by atoms with Gasteiger partial charge in [0.1, 0.15) is 12.1 Å². The molecular formula is C38H56N6O15S2. The number of methoxy groups -OCH3 is 2. The zero-order valence-electron chi connectivity index (χ0n) is 35.0. The molecule has 0 radical (unpaired) electrons. The Labute approximate surface area is 355 Å². The summed E-state index contributed by atoms with van der Waals surface area (Å²) < 4.78 is 72.7. The third kappa shape index (κ3) is 23.3. The number of hydrogen-bond acceptors (Lipinski definition) is 13. The van der Waals surface area contributed by atoms with E-state index < -0.39 is 79.9 Å². The fraction of sp³-hybridized carbons (Fsp3) is 0.447. The predicted molar refractivity (Wildman–Crippen MR) is 222 cm³/mol. The van der Waals surface area contributed by atoms with Gasteiger partial charge in [0.15, 0.2) is 0 Å². The van der Waals surface area contributed by atoms with Crippen molar-refractivity contribution in [1.29, 1.82) is 0 Å². The minimum absolute atomic E-state index is 0.120. The maximum atomic E-state index is 13.8. The Bertz CT molecular complexity index is 2020. The number of amides is 4. The van der Waals surface area contributed by atoms with Crippen LogP contribution in [0.3, 0.4) is 0 Å². The number of pyridine rings is 1. The summed E-state index contributed by atoms with van der Waals surface area (Å²) in [5.74, 6) is -1.03. The number of carbonyl (C=O) groups excluding carboxylic acids is 4. The van der Waals surface area contributed by atoms with Gasteiger partial charge in [0, 0.05) is 24.8 Å². The zero-order valence-corrected chi connectivity index (χ0v) is 36.6. The number of aromatic nitrogens is 1. The van der Waals surface area contributed by atoms with E-state index in [9.17, 15) is 24.3 Å². The smallest absolute Gasteiger partial charge is 0.407 e. The Morgan fingerprint density at radius 3 is 1.56 bits per heavy atom. The quantitative estimate of drug-likeness (QED) is 0.0830. The predicted octanol–water partition coefficient (Wildman–Crippen LogP) is 2.91. The lowest BCUT2D eigenvalue weighted by atomic mass is 9.85. The molecule has 23 heteroatoms. The molecule has 0 saturated carbocycles. The lowest BCUT2D eigenvalue weighted by Crippen LogP contribution is -2.60. The first-order valence-corrected chi connectivity index (χ1v) is 21.0. The molecule has 3 aromatic rings. The summed E-state index contributed by atoms with van der Waals surface area (Å²) in [6.45, 7) is 10.9. The second-order valence-electron chi connectivity index (χ2n) is 15.4. The van der Waals surface area contributed by atoms with Crippen LogP contribution in [0.5, 0.6) is 0 Å². The van der Waals surface area contributed by atoms with E-state index in [1.54, 1.807) is 32.0 Å². The minimum Gasteiger partial charge on any atom is -0.453 e. The molecule has 4 atom stereocenters. The van der Waals surface area contributed by atoms with Gasteiger partial charge in [-0.15, -0.1) is 0 Å². The summed E-state index contributed by atoms with van der Waals surface area (Å²) in [5, 5.41) is 21.6. The molecular weight excluding hydrogens is 845 g/mol. The average molecular weight is 901 g/mol. The number of nitrogens with zero attached hydrogens (tertiary/aromatic N) is 2. The summed E-state index contributed by atoms with van der Waals surface area (Å²) in [5.41, 5.74) is 4.88. The zero-order chi connectivity index (χ0) is 46.8. The topological polar surface area (TPSA) is 320 Å². The van der Waals surface area contributed by atoms with Crippen molar-refractivity contribution in [2.24, 2.45) is 10.8 Å². The molecule has 0 unspecified atom stereocenters. The molecule has 3 rings (SSSR count). The van der Waals surface area contributed by atoms with Gasteiger partial charge < -0.3 is 30.5 Å². The molecule has 9 N–H and O–H groups in total. The Balaban J connectivity index is 0.00000166. The second kappa shape index (κ2) is 24.2. The number of alkyl carbamates (subject to hydrolysis) is 2. The monoisotopic (exact) mass is 900 g/mol. The van der Waals surface area contributed by atoms with Crippen LogP contribution in [-0.2, 0) is 52.8 Å². The third-order valence-corrected chi connectivity index (χ3v) is 8.21. The number of nitrogens with one attached hydrogen (secondary N) is 4. The molecule has 340 valence electrons. The van der Waals surface area contributed by atoms with Crippen LogP contribution >= 0.6 is 0 Å². The SMILES string of the molecule is COC(=O)N[C@H](C(=O)N[C@@H](Cc1ccccc1)[C@@H](O)CN(Cc1ccc(-c2ccccn2)cc1)NC(=O)[C@H](NC(=O)OC)C(C)(C)C)C(C)(C)C.O=S(=O)(O)O.O=S(=O)(O)O. The third-order valence-electron chi connectivity index (χ3n) is 8.21. The van der Waals surface area contributed by atoms with Crippen molar-refractivity contribution < 1.29 is 68.8 Å². The number of aliphatic hydroxyl groups is 1. The van der Waals surface area contributed by atoms with Crippen molar-refractivity contribution in [3.8, 4) is 11.3 Å². The van der Waals surface area contributed by atoms with Crippen LogP contribution in [-0.4, -0.2) is 119 Å². The molecule has 0 spiro atoms. The van der Waals surface area contributed by atoms with E-state index in [4.69, 9.17) is 44.5 Å². The largest absolute Gasteiger partial charge is 0.453 e. The van der Waals surface area contributed by atoms with Gasteiger partial charge in [0.25, 0.3) is 5.91 Å². The van der Waals surface area contributed by atoms with Gasteiger partial charge in [-0.3, -0.25) is 38.2 Å². The molecule has 1 aromatic heterocycles. The second-order valence-corrected chi connectivity index (χ2v) is 17.2. The molecule has 0 aliphatic heterocycles. The molecule has 0 aliphatic rings. The highest BCUT2D eigenvalue weighted by Crippen LogP contribution is 2.23. The number of hydrazine groups is 1.